The molecular formula is C9H20N2O2. The van der Waals surface area contributed by atoms with Gasteiger partial charge in [-0.25, -0.2) is 0 Å². The summed E-state index contributed by atoms with van der Waals surface area (Å²) in [6.07, 6.45) is 0. The van der Waals surface area contributed by atoms with E-state index in [2.05, 4.69) is 0 Å². The first kappa shape index (κ1) is 12.4. The lowest BCUT2D eigenvalue weighted by Gasteiger charge is -2.21. The Morgan fingerprint density at radius 3 is 2.46 bits per heavy atom. The van der Waals surface area contributed by atoms with Crippen LogP contribution in [0.15, 0.2) is 0 Å². The molecule has 0 aliphatic carbocycles. The minimum Gasteiger partial charge on any atom is -0.465 e. The zero-order valence-electron chi connectivity index (χ0n) is 8.91. The van der Waals surface area contributed by atoms with Gasteiger partial charge in [0.05, 0.1) is 6.61 Å². The molecule has 2 atom stereocenters. The van der Waals surface area contributed by atoms with E-state index in [1.165, 1.54) is 0 Å². The number of esters is 1. The van der Waals surface area contributed by atoms with Gasteiger partial charge in [0.15, 0.2) is 0 Å². The maximum atomic E-state index is 11.2. The van der Waals surface area contributed by atoms with Crippen molar-refractivity contribution in [2.75, 3.05) is 27.2 Å². The Morgan fingerprint density at radius 2 is 2.08 bits per heavy atom. The second kappa shape index (κ2) is 5.94. The minimum absolute atomic E-state index is 0.119. The summed E-state index contributed by atoms with van der Waals surface area (Å²) in [5.41, 5.74) is 5.69. The van der Waals surface area contributed by atoms with Crippen molar-refractivity contribution >= 4 is 5.97 Å². The molecule has 78 valence electrons. The van der Waals surface area contributed by atoms with Crippen LogP contribution in [0.2, 0.25) is 0 Å². The van der Waals surface area contributed by atoms with Crippen molar-refractivity contribution in [2.24, 2.45) is 11.7 Å². The topological polar surface area (TPSA) is 55.6 Å². The molecule has 0 aromatic carbocycles. The van der Waals surface area contributed by atoms with Crippen LogP contribution in [0, 0.1) is 5.92 Å². The molecule has 2 unspecified atom stereocenters. The molecule has 0 aromatic heterocycles. The minimum atomic E-state index is -0.512. The molecule has 0 heterocycles. The second-order valence-electron chi connectivity index (χ2n) is 3.52. The molecule has 0 rings (SSSR count). The van der Waals surface area contributed by atoms with E-state index in [9.17, 15) is 4.79 Å². The first-order chi connectivity index (χ1) is 5.99. The number of hydrogen-bond acceptors (Lipinski definition) is 4. The smallest absolute Gasteiger partial charge is 0.323 e. The summed E-state index contributed by atoms with van der Waals surface area (Å²) in [4.78, 5) is 13.2. The highest BCUT2D eigenvalue weighted by Crippen LogP contribution is 2.03. The van der Waals surface area contributed by atoms with Gasteiger partial charge >= 0.3 is 5.97 Å². The van der Waals surface area contributed by atoms with E-state index >= 15 is 0 Å². The van der Waals surface area contributed by atoms with Gasteiger partial charge in [-0.05, 0) is 26.9 Å². The fraction of sp³-hybridized carbons (Fsp3) is 0.889. The van der Waals surface area contributed by atoms with Gasteiger partial charge in [-0.2, -0.15) is 0 Å². The Kier molecular flexibility index (Phi) is 5.66. The normalized spacial score (nSPS) is 15.5. The van der Waals surface area contributed by atoms with Crippen LogP contribution in [0.3, 0.4) is 0 Å². The maximum absolute atomic E-state index is 11.2. The summed E-state index contributed by atoms with van der Waals surface area (Å²) in [5.74, 6) is -0.189. The fourth-order valence-electron chi connectivity index (χ4n) is 1.16. The number of carbonyl (C=O) groups excluding carboxylic acids is 1. The molecule has 2 N–H and O–H groups in total. The van der Waals surface area contributed by atoms with Crippen LogP contribution in [0.4, 0.5) is 0 Å². The van der Waals surface area contributed by atoms with Gasteiger partial charge in [0.1, 0.15) is 6.04 Å². The predicted octanol–water partition coefficient (Wildman–Crippen LogP) is 0.0745. The van der Waals surface area contributed by atoms with Crippen molar-refractivity contribution in [1.82, 2.24) is 4.90 Å². The van der Waals surface area contributed by atoms with Gasteiger partial charge in [-0.3, -0.25) is 4.79 Å². The van der Waals surface area contributed by atoms with Crippen molar-refractivity contribution < 1.29 is 9.53 Å². The molecule has 0 fully saturated rings. The largest absolute Gasteiger partial charge is 0.465 e. The monoisotopic (exact) mass is 188 g/mol. The Morgan fingerprint density at radius 1 is 1.54 bits per heavy atom. The molecular weight excluding hydrogens is 168 g/mol. The predicted molar refractivity (Wildman–Crippen MR) is 52.3 cm³/mol. The van der Waals surface area contributed by atoms with Gasteiger partial charge in [0.2, 0.25) is 0 Å². The number of hydrogen-bond donors (Lipinski definition) is 1. The van der Waals surface area contributed by atoms with Crippen molar-refractivity contribution in [3.05, 3.63) is 0 Å². The number of nitrogens with two attached hydrogens (primary N) is 1. The van der Waals surface area contributed by atoms with Crippen LogP contribution in [0.5, 0.6) is 0 Å². The highest BCUT2D eigenvalue weighted by molar-refractivity contribution is 5.75. The lowest BCUT2D eigenvalue weighted by molar-refractivity contribution is -0.146. The molecule has 0 aliphatic rings. The van der Waals surface area contributed by atoms with Crippen molar-refractivity contribution in [1.29, 1.82) is 0 Å². The van der Waals surface area contributed by atoms with Gasteiger partial charge < -0.3 is 15.4 Å². The van der Waals surface area contributed by atoms with E-state index in [1.54, 1.807) is 6.92 Å². The SMILES string of the molecule is CCOC(=O)C(N)C(C)CN(C)C. The first-order valence-electron chi connectivity index (χ1n) is 4.56. The molecule has 13 heavy (non-hydrogen) atoms. The van der Waals surface area contributed by atoms with E-state index in [-0.39, 0.29) is 11.9 Å². The van der Waals surface area contributed by atoms with Crippen molar-refractivity contribution in [3.63, 3.8) is 0 Å². The Hall–Kier alpha value is -0.610. The lowest BCUT2D eigenvalue weighted by atomic mass is 10.0. The summed E-state index contributed by atoms with van der Waals surface area (Å²) in [7, 11) is 3.91. The molecule has 0 aromatic rings. The van der Waals surface area contributed by atoms with Gasteiger partial charge in [0, 0.05) is 6.54 Å². The Labute approximate surface area is 80.0 Å². The molecule has 0 bridgehead atoms. The summed E-state index contributed by atoms with van der Waals surface area (Å²) in [6.45, 7) is 4.91. The van der Waals surface area contributed by atoms with Gasteiger partial charge in [-0.1, -0.05) is 6.92 Å². The second-order valence-corrected chi connectivity index (χ2v) is 3.52. The third-order valence-corrected chi connectivity index (χ3v) is 1.82. The number of carbonyl (C=O) groups is 1. The molecule has 0 spiro atoms. The average Bonchev–Trinajstić information content (AvgIpc) is 2.02. The van der Waals surface area contributed by atoms with Crippen LogP contribution in [0.25, 0.3) is 0 Å². The molecule has 0 saturated carbocycles. The summed E-state index contributed by atoms with van der Waals surface area (Å²) >= 11 is 0. The zero-order valence-corrected chi connectivity index (χ0v) is 8.91. The molecule has 0 amide bonds. The zero-order chi connectivity index (χ0) is 10.4. The number of ether oxygens (including phenoxy) is 1. The molecule has 4 nitrogen and oxygen atoms in total. The van der Waals surface area contributed by atoms with Crippen LogP contribution < -0.4 is 5.73 Å². The fourth-order valence-corrected chi connectivity index (χ4v) is 1.16. The lowest BCUT2D eigenvalue weighted by Crippen LogP contribution is -2.42. The Balaban J connectivity index is 3.93. The van der Waals surface area contributed by atoms with Crippen molar-refractivity contribution in [2.45, 2.75) is 19.9 Å². The molecule has 0 aliphatic heterocycles. The summed E-state index contributed by atoms with van der Waals surface area (Å²) in [5, 5.41) is 0. The van der Waals surface area contributed by atoms with E-state index < -0.39 is 6.04 Å². The standard InChI is InChI=1S/C9H20N2O2/c1-5-13-9(12)8(10)7(2)6-11(3)4/h7-8H,5-6,10H2,1-4H3. The first-order valence-corrected chi connectivity index (χ1v) is 4.56. The van der Waals surface area contributed by atoms with Gasteiger partial charge in [0.25, 0.3) is 0 Å². The third kappa shape index (κ3) is 4.85. The van der Waals surface area contributed by atoms with Crippen LogP contribution in [-0.2, 0) is 9.53 Å². The number of rotatable bonds is 5. The van der Waals surface area contributed by atoms with E-state index in [4.69, 9.17) is 10.5 Å². The third-order valence-electron chi connectivity index (χ3n) is 1.82. The van der Waals surface area contributed by atoms with Crippen LogP contribution in [0.1, 0.15) is 13.8 Å². The van der Waals surface area contributed by atoms with Crippen molar-refractivity contribution in [3.8, 4) is 0 Å². The average molecular weight is 188 g/mol. The van der Waals surface area contributed by atoms with E-state index in [0.29, 0.717) is 6.61 Å². The highest BCUT2D eigenvalue weighted by atomic mass is 16.5. The maximum Gasteiger partial charge on any atom is 0.323 e. The summed E-state index contributed by atoms with van der Waals surface area (Å²) in [6, 6.07) is -0.512. The summed E-state index contributed by atoms with van der Waals surface area (Å²) < 4.78 is 4.82. The van der Waals surface area contributed by atoms with E-state index in [0.717, 1.165) is 6.54 Å². The molecule has 4 heteroatoms. The molecule has 0 saturated heterocycles. The van der Waals surface area contributed by atoms with Crippen LogP contribution in [-0.4, -0.2) is 44.2 Å². The molecule has 0 radical (unpaired) electrons. The highest BCUT2D eigenvalue weighted by Gasteiger charge is 2.22. The van der Waals surface area contributed by atoms with Crippen LogP contribution >= 0.6 is 0 Å². The number of nitrogens with zero attached hydrogens (tertiary/aromatic N) is 1. The Bertz CT molecular complexity index is 160. The van der Waals surface area contributed by atoms with E-state index in [1.807, 2.05) is 25.9 Å². The van der Waals surface area contributed by atoms with Gasteiger partial charge in [-0.15, -0.1) is 0 Å². The quantitative estimate of drug-likeness (QED) is 0.621.